The van der Waals surface area contributed by atoms with Crippen molar-refractivity contribution >= 4 is 0 Å². The first kappa shape index (κ1) is 13.5. The van der Waals surface area contributed by atoms with E-state index in [0.29, 0.717) is 6.04 Å². The van der Waals surface area contributed by atoms with Crippen LogP contribution in [0.5, 0.6) is 0 Å². The lowest BCUT2D eigenvalue weighted by Gasteiger charge is -2.36. The Morgan fingerprint density at radius 3 is 3.00 bits per heavy atom. The zero-order valence-corrected chi connectivity index (χ0v) is 11.8. The highest BCUT2D eigenvalue weighted by atomic mass is 15.2. The normalized spacial score (nSPS) is 22.9. The topological polar surface area (TPSA) is 28.2 Å². The Hall–Kier alpha value is -0.930. The Morgan fingerprint density at radius 2 is 2.33 bits per heavy atom. The number of aromatic nitrogens is 1. The van der Waals surface area contributed by atoms with E-state index in [1.807, 2.05) is 13.1 Å². The molecule has 1 aliphatic heterocycles. The molecule has 0 bridgehead atoms. The standard InChI is InChI=1S/C15H25N3/c1-4-12(2)15-11-18(8-7-16-15)10-14-6-5-13(3)17-9-14/h5-6,9,12,15-16H,4,7-8,10-11H2,1-3H3/t12-,15-/m0/s1. The first-order valence-electron chi connectivity index (χ1n) is 7.06. The van der Waals surface area contributed by atoms with Gasteiger partial charge in [-0.3, -0.25) is 9.88 Å². The zero-order chi connectivity index (χ0) is 13.0. The van der Waals surface area contributed by atoms with Gasteiger partial charge in [0.2, 0.25) is 0 Å². The van der Waals surface area contributed by atoms with E-state index in [2.05, 4.69) is 41.2 Å². The van der Waals surface area contributed by atoms with Gasteiger partial charge in [-0.1, -0.05) is 26.3 Å². The molecule has 1 N–H and O–H groups in total. The second-order valence-electron chi connectivity index (χ2n) is 5.49. The van der Waals surface area contributed by atoms with Gasteiger partial charge >= 0.3 is 0 Å². The molecule has 3 heteroatoms. The summed E-state index contributed by atoms with van der Waals surface area (Å²) < 4.78 is 0. The summed E-state index contributed by atoms with van der Waals surface area (Å²) in [6.07, 6.45) is 3.26. The van der Waals surface area contributed by atoms with E-state index in [-0.39, 0.29) is 0 Å². The van der Waals surface area contributed by atoms with Crippen LogP contribution in [0.3, 0.4) is 0 Å². The third-order valence-electron chi connectivity index (χ3n) is 4.00. The second kappa shape index (κ2) is 6.30. The average molecular weight is 247 g/mol. The molecule has 3 nitrogen and oxygen atoms in total. The molecule has 0 unspecified atom stereocenters. The van der Waals surface area contributed by atoms with Crippen LogP contribution >= 0.6 is 0 Å². The third kappa shape index (κ3) is 3.53. The number of rotatable bonds is 4. The zero-order valence-electron chi connectivity index (χ0n) is 11.8. The van der Waals surface area contributed by atoms with Crippen molar-refractivity contribution in [3.63, 3.8) is 0 Å². The van der Waals surface area contributed by atoms with Crippen molar-refractivity contribution in [2.24, 2.45) is 5.92 Å². The molecule has 1 aliphatic rings. The van der Waals surface area contributed by atoms with Gasteiger partial charge in [0.25, 0.3) is 0 Å². The molecule has 1 fully saturated rings. The van der Waals surface area contributed by atoms with Crippen LogP contribution in [0.4, 0.5) is 0 Å². The molecule has 1 aromatic heterocycles. The predicted molar refractivity (Wildman–Crippen MR) is 75.5 cm³/mol. The van der Waals surface area contributed by atoms with Crippen molar-refractivity contribution in [2.45, 2.75) is 39.8 Å². The molecule has 0 spiro atoms. The van der Waals surface area contributed by atoms with Crippen molar-refractivity contribution in [3.05, 3.63) is 29.6 Å². The average Bonchev–Trinajstić information content (AvgIpc) is 2.41. The molecule has 1 saturated heterocycles. The first-order chi connectivity index (χ1) is 8.69. The van der Waals surface area contributed by atoms with Crippen molar-refractivity contribution < 1.29 is 0 Å². The summed E-state index contributed by atoms with van der Waals surface area (Å²) in [5.41, 5.74) is 2.42. The maximum Gasteiger partial charge on any atom is 0.0372 e. The summed E-state index contributed by atoms with van der Waals surface area (Å²) in [7, 11) is 0. The largest absolute Gasteiger partial charge is 0.311 e. The van der Waals surface area contributed by atoms with Crippen molar-refractivity contribution in [2.75, 3.05) is 19.6 Å². The van der Waals surface area contributed by atoms with Crippen LogP contribution in [-0.2, 0) is 6.54 Å². The van der Waals surface area contributed by atoms with Crippen LogP contribution < -0.4 is 5.32 Å². The highest BCUT2D eigenvalue weighted by Gasteiger charge is 2.22. The van der Waals surface area contributed by atoms with E-state index in [4.69, 9.17) is 0 Å². The fraction of sp³-hybridized carbons (Fsp3) is 0.667. The molecule has 0 amide bonds. The second-order valence-corrected chi connectivity index (χ2v) is 5.49. The summed E-state index contributed by atoms with van der Waals surface area (Å²) in [6, 6.07) is 4.94. The molecule has 0 aromatic carbocycles. The first-order valence-corrected chi connectivity index (χ1v) is 7.06. The smallest absolute Gasteiger partial charge is 0.0372 e. The van der Waals surface area contributed by atoms with Crippen LogP contribution in [0.2, 0.25) is 0 Å². The minimum absolute atomic E-state index is 0.641. The van der Waals surface area contributed by atoms with Crippen LogP contribution in [-0.4, -0.2) is 35.6 Å². The van der Waals surface area contributed by atoms with Gasteiger partial charge in [0.1, 0.15) is 0 Å². The number of hydrogen-bond acceptors (Lipinski definition) is 3. The van der Waals surface area contributed by atoms with Gasteiger partial charge in [0, 0.05) is 44.1 Å². The maximum atomic E-state index is 4.37. The SMILES string of the molecule is CC[C@H](C)[C@@H]1CN(Cc2ccc(C)nc2)CCN1. The maximum absolute atomic E-state index is 4.37. The Morgan fingerprint density at radius 1 is 1.50 bits per heavy atom. The Labute approximate surface area is 111 Å². The fourth-order valence-corrected chi connectivity index (χ4v) is 2.50. The van der Waals surface area contributed by atoms with Crippen LogP contribution in [0.25, 0.3) is 0 Å². The number of hydrogen-bond donors (Lipinski definition) is 1. The number of nitrogens with zero attached hydrogens (tertiary/aromatic N) is 2. The van der Waals surface area contributed by atoms with Gasteiger partial charge in [-0.05, 0) is 24.5 Å². The van der Waals surface area contributed by atoms with Crippen molar-refractivity contribution in [3.8, 4) is 0 Å². The van der Waals surface area contributed by atoms with Gasteiger partial charge < -0.3 is 5.32 Å². The van der Waals surface area contributed by atoms with E-state index in [9.17, 15) is 0 Å². The van der Waals surface area contributed by atoms with Crippen molar-refractivity contribution in [1.82, 2.24) is 15.2 Å². The van der Waals surface area contributed by atoms with Gasteiger partial charge in [-0.2, -0.15) is 0 Å². The van der Waals surface area contributed by atoms with E-state index in [0.717, 1.165) is 37.8 Å². The van der Waals surface area contributed by atoms with Crippen molar-refractivity contribution in [1.29, 1.82) is 0 Å². The highest BCUT2D eigenvalue weighted by molar-refractivity contribution is 5.13. The Kier molecular flexibility index (Phi) is 4.72. The summed E-state index contributed by atoms with van der Waals surface area (Å²) >= 11 is 0. The number of aryl methyl sites for hydroxylation is 1. The molecule has 2 rings (SSSR count). The fourth-order valence-electron chi connectivity index (χ4n) is 2.50. The minimum Gasteiger partial charge on any atom is -0.311 e. The van der Waals surface area contributed by atoms with E-state index in [1.54, 1.807) is 0 Å². The third-order valence-corrected chi connectivity index (χ3v) is 4.00. The lowest BCUT2D eigenvalue weighted by atomic mass is 9.97. The van der Waals surface area contributed by atoms with E-state index in [1.165, 1.54) is 12.0 Å². The predicted octanol–water partition coefficient (Wildman–Crippen LogP) is 2.21. The van der Waals surface area contributed by atoms with E-state index >= 15 is 0 Å². The van der Waals surface area contributed by atoms with Crippen LogP contribution in [0, 0.1) is 12.8 Å². The van der Waals surface area contributed by atoms with Gasteiger partial charge in [-0.25, -0.2) is 0 Å². The molecule has 0 saturated carbocycles. The molecule has 100 valence electrons. The number of pyridine rings is 1. The molecule has 18 heavy (non-hydrogen) atoms. The molecular formula is C15H25N3. The molecule has 2 atom stereocenters. The summed E-state index contributed by atoms with van der Waals surface area (Å²) in [5, 5.41) is 3.64. The Balaban J connectivity index is 1.91. The summed E-state index contributed by atoms with van der Waals surface area (Å²) in [5.74, 6) is 0.754. The lowest BCUT2D eigenvalue weighted by Crippen LogP contribution is -2.52. The van der Waals surface area contributed by atoms with E-state index < -0.39 is 0 Å². The number of piperazine rings is 1. The lowest BCUT2D eigenvalue weighted by molar-refractivity contribution is 0.162. The van der Waals surface area contributed by atoms with Gasteiger partial charge in [-0.15, -0.1) is 0 Å². The Bertz CT molecular complexity index is 361. The molecular weight excluding hydrogens is 222 g/mol. The summed E-state index contributed by atoms with van der Waals surface area (Å²) in [4.78, 5) is 6.91. The molecule has 0 aliphatic carbocycles. The monoisotopic (exact) mass is 247 g/mol. The van der Waals surface area contributed by atoms with Crippen LogP contribution in [0.15, 0.2) is 18.3 Å². The minimum atomic E-state index is 0.641. The molecule has 2 heterocycles. The van der Waals surface area contributed by atoms with Gasteiger partial charge in [0.05, 0.1) is 0 Å². The highest BCUT2D eigenvalue weighted by Crippen LogP contribution is 2.14. The quantitative estimate of drug-likeness (QED) is 0.884. The molecule has 1 aromatic rings. The van der Waals surface area contributed by atoms with Crippen LogP contribution in [0.1, 0.15) is 31.5 Å². The summed E-state index contributed by atoms with van der Waals surface area (Å²) in [6.45, 7) is 11.1. The molecule has 0 radical (unpaired) electrons. The van der Waals surface area contributed by atoms with Gasteiger partial charge in [0.15, 0.2) is 0 Å². The number of nitrogens with one attached hydrogen (secondary N) is 1.